The van der Waals surface area contributed by atoms with Crippen molar-refractivity contribution in [3.8, 4) is 6.07 Å². The fourth-order valence-corrected chi connectivity index (χ4v) is 3.87. The maximum Gasteiger partial charge on any atom is 0.326 e. The second-order valence-corrected chi connectivity index (χ2v) is 7.71. The van der Waals surface area contributed by atoms with Gasteiger partial charge in [-0.2, -0.15) is 16.6 Å². The highest BCUT2D eigenvalue weighted by atomic mass is 32.1. The molecule has 3 amide bonds. The zero-order valence-corrected chi connectivity index (χ0v) is 17.9. The first-order valence-corrected chi connectivity index (χ1v) is 10.6. The fourth-order valence-electron chi connectivity index (χ4n) is 3.21. The van der Waals surface area contributed by atoms with Crippen molar-refractivity contribution in [1.29, 1.82) is 5.26 Å². The van der Waals surface area contributed by atoms with Gasteiger partial charge in [-0.25, -0.2) is 4.79 Å². The van der Waals surface area contributed by atoms with Crippen LogP contribution in [-0.4, -0.2) is 22.1 Å². The van der Waals surface area contributed by atoms with E-state index in [1.165, 1.54) is 6.92 Å². The normalized spacial score (nSPS) is 10.4. The van der Waals surface area contributed by atoms with Crippen molar-refractivity contribution >= 4 is 51.2 Å². The number of carbonyl (C=O) groups excluding carboxylic acids is 2. The lowest BCUT2D eigenvalue weighted by atomic mass is 10.1. The van der Waals surface area contributed by atoms with Crippen LogP contribution in [0.3, 0.4) is 0 Å². The van der Waals surface area contributed by atoms with E-state index in [-0.39, 0.29) is 11.6 Å². The number of nitrogens with one attached hydrogen (secondary N) is 2. The summed E-state index contributed by atoms with van der Waals surface area (Å²) < 4.78 is 0. The second-order valence-electron chi connectivity index (χ2n) is 6.93. The number of urea groups is 1. The van der Waals surface area contributed by atoms with Gasteiger partial charge in [-0.05, 0) is 52.7 Å². The Bertz CT molecular complexity index is 1310. The van der Waals surface area contributed by atoms with E-state index in [2.05, 4.69) is 20.8 Å². The predicted molar refractivity (Wildman–Crippen MR) is 125 cm³/mol. The Labute approximate surface area is 188 Å². The third kappa shape index (κ3) is 4.55. The number of hydrogen-bond acceptors (Lipinski definition) is 6. The number of rotatable bonds is 5. The Balaban J connectivity index is 1.69. The van der Waals surface area contributed by atoms with Crippen molar-refractivity contribution in [2.45, 2.75) is 13.5 Å². The van der Waals surface area contributed by atoms with Crippen LogP contribution in [-0.2, 0) is 11.3 Å². The van der Waals surface area contributed by atoms with Gasteiger partial charge in [0.2, 0.25) is 5.91 Å². The van der Waals surface area contributed by atoms with E-state index in [0.29, 0.717) is 34.5 Å². The molecule has 0 aliphatic heterocycles. The number of fused-ring (bicyclic) bond motifs is 1. The molecule has 2 aromatic heterocycles. The monoisotopic (exact) mass is 442 g/mol. The molecule has 2 aromatic carbocycles. The van der Waals surface area contributed by atoms with Crippen LogP contribution >= 0.6 is 11.3 Å². The van der Waals surface area contributed by atoms with Gasteiger partial charge in [0.1, 0.15) is 6.07 Å². The molecule has 0 aliphatic rings. The summed E-state index contributed by atoms with van der Waals surface area (Å²) in [5.41, 5.74) is 3.16. The van der Waals surface area contributed by atoms with Gasteiger partial charge in [0.15, 0.2) is 5.69 Å². The Morgan fingerprint density at radius 2 is 1.84 bits per heavy atom. The van der Waals surface area contributed by atoms with Crippen molar-refractivity contribution in [3.05, 3.63) is 76.6 Å². The molecule has 2 N–H and O–H groups in total. The molecule has 0 saturated carbocycles. The summed E-state index contributed by atoms with van der Waals surface area (Å²) in [5.74, 6) is -0.174. The average molecular weight is 443 g/mol. The second kappa shape index (κ2) is 9.24. The first-order chi connectivity index (χ1) is 15.5. The van der Waals surface area contributed by atoms with E-state index >= 15 is 0 Å². The van der Waals surface area contributed by atoms with Crippen molar-refractivity contribution in [2.24, 2.45) is 0 Å². The molecular weight excluding hydrogens is 424 g/mol. The molecule has 0 aliphatic carbocycles. The van der Waals surface area contributed by atoms with E-state index in [0.717, 1.165) is 5.56 Å². The van der Waals surface area contributed by atoms with Crippen molar-refractivity contribution in [3.63, 3.8) is 0 Å². The molecule has 8 nitrogen and oxygen atoms in total. The Morgan fingerprint density at radius 3 is 2.53 bits per heavy atom. The van der Waals surface area contributed by atoms with Crippen LogP contribution in [0.2, 0.25) is 0 Å². The molecule has 158 valence electrons. The van der Waals surface area contributed by atoms with Crippen LogP contribution < -0.4 is 15.5 Å². The molecule has 2 heterocycles. The van der Waals surface area contributed by atoms with Crippen LogP contribution in [0.15, 0.2) is 65.4 Å². The maximum atomic E-state index is 13.4. The molecule has 4 rings (SSSR count). The molecule has 0 spiro atoms. The Hall–Kier alpha value is -4.29. The van der Waals surface area contributed by atoms with Gasteiger partial charge < -0.3 is 10.6 Å². The van der Waals surface area contributed by atoms with E-state index in [1.807, 2.05) is 35.0 Å². The molecule has 0 saturated heterocycles. The van der Waals surface area contributed by atoms with Gasteiger partial charge in [-0.1, -0.05) is 18.2 Å². The van der Waals surface area contributed by atoms with Crippen LogP contribution in [0.5, 0.6) is 0 Å². The van der Waals surface area contributed by atoms with E-state index in [1.54, 1.807) is 52.6 Å². The third-order valence-electron chi connectivity index (χ3n) is 4.67. The van der Waals surface area contributed by atoms with Crippen molar-refractivity contribution < 1.29 is 9.59 Å². The SMILES string of the molecule is CC(=O)Nc1ccc(N(Cc2ccsc2)C(=O)Nc2c(C#N)nnc3ccccc23)cc1. The summed E-state index contributed by atoms with van der Waals surface area (Å²) in [5, 5.41) is 27.6. The zero-order valence-electron chi connectivity index (χ0n) is 17.1. The number of hydrogen-bond donors (Lipinski definition) is 2. The quantitative estimate of drug-likeness (QED) is 0.463. The van der Waals surface area contributed by atoms with Crippen LogP contribution in [0.25, 0.3) is 10.9 Å². The molecule has 9 heteroatoms. The minimum atomic E-state index is -0.418. The van der Waals surface area contributed by atoms with Gasteiger partial charge in [-0.15, -0.1) is 10.2 Å². The highest BCUT2D eigenvalue weighted by Gasteiger charge is 2.20. The number of anilines is 3. The van der Waals surface area contributed by atoms with Gasteiger partial charge in [0.25, 0.3) is 0 Å². The number of benzene rings is 2. The number of carbonyl (C=O) groups is 2. The van der Waals surface area contributed by atoms with Gasteiger partial charge in [0.05, 0.1) is 17.7 Å². The lowest BCUT2D eigenvalue weighted by Crippen LogP contribution is -2.34. The fraction of sp³-hybridized carbons (Fsp3) is 0.0870. The number of thiophene rings is 1. The largest absolute Gasteiger partial charge is 0.326 e. The predicted octanol–water partition coefficient (Wildman–Crippen LogP) is 4.76. The minimum Gasteiger partial charge on any atom is -0.326 e. The Kier molecular flexibility index (Phi) is 6.05. The molecule has 0 radical (unpaired) electrons. The number of aromatic nitrogens is 2. The maximum absolute atomic E-state index is 13.4. The van der Waals surface area contributed by atoms with Crippen molar-refractivity contribution in [1.82, 2.24) is 10.2 Å². The summed E-state index contributed by atoms with van der Waals surface area (Å²) >= 11 is 1.54. The van der Waals surface area contributed by atoms with Crippen LogP contribution in [0, 0.1) is 11.3 Å². The summed E-state index contributed by atoms with van der Waals surface area (Å²) in [7, 11) is 0. The van der Waals surface area contributed by atoms with Gasteiger partial charge in [0, 0.05) is 23.7 Å². The highest BCUT2D eigenvalue weighted by Crippen LogP contribution is 2.27. The molecule has 0 bridgehead atoms. The van der Waals surface area contributed by atoms with Gasteiger partial charge >= 0.3 is 6.03 Å². The van der Waals surface area contributed by atoms with E-state index < -0.39 is 6.03 Å². The van der Waals surface area contributed by atoms with Crippen LogP contribution in [0.1, 0.15) is 18.2 Å². The first-order valence-electron chi connectivity index (χ1n) is 9.68. The minimum absolute atomic E-state index is 0.0357. The lowest BCUT2D eigenvalue weighted by Gasteiger charge is -2.24. The van der Waals surface area contributed by atoms with E-state index in [9.17, 15) is 14.9 Å². The van der Waals surface area contributed by atoms with Gasteiger partial charge in [-0.3, -0.25) is 9.69 Å². The van der Waals surface area contributed by atoms with E-state index in [4.69, 9.17) is 0 Å². The average Bonchev–Trinajstić information content (AvgIpc) is 3.31. The standard InChI is InChI=1S/C23H18N6O2S/c1-15(30)25-17-6-8-18(9-7-17)29(13-16-10-11-32-14-16)23(31)26-22-19-4-2-3-5-20(19)27-28-21(22)12-24/h2-11,14H,13H2,1H3,(H,25,30)(H,26,27,31). The number of nitrogens with zero attached hydrogens (tertiary/aromatic N) is 4. The summed E-state index contributed by atoms with van der Waals surface area (Å²) in [6.45, 7) is 1.76. The van der Waals surface area contributed by atoms with Crippen molar-refractivity contribution in [2.75, 3.05) is 15.5 Å². The third-order valence-corrected chi connectivity index (χ3v) is 5.40. The molecule has 32 heavy (non-hydrogen) atoms. The topological polar surface area (TPSA) is 111 Å². The summed E-state index contributed by atoms with van der Waals surface area (Å²) in [6.07, 6.45) is 0. The molecule has 0 fully saturated rings. The lowest BCUT2D eigenvalue weighted by molar-refractivity contribution is -0.114. The number of nitriles is 1. The first kappa shape index (κ1) is 21.0. The number of amides is 3. The zero-order chi connectivity index (χ0) is 22.5. The summed E-state index contributed by atoms with van der Waals surface area (Å²) in [6, 6.07) is 17.7. The summed E-state index contributed by atoms with van der Waals surface area (Å²) in [4.78, 5) is 26.3. The van der Waals surface area contributed by atoms with Crippen LogP contribution in [0.4, 0.5) is 21.9 Å². The molecule has 4 aromatic rings. The Morgan fingerprint density at radius 1 is 1.06 bits per heavy atom. The molecular formula is C23H18N6O2S. The molecule has 0 atom stereocenters. The smallest absolute Gasteiger partial charge is 0.326 e. The highest BCUT2D eigenvalue weighted by molar-refractivity contribution is 7.07. The molecule has 0 unspecified atom stereocenters.